The summed E-state index contributed by atoms with van der Waals surface area (Å²) in [6.45, 7) is 2.88. The number of methoxy groups -OCH3 is 1. The number of hydrogen-bond acceptors (Lipinski definition) is 3. The molecule has 0 saturated carbocycles. The van der Waals surface area contributed by atoms with Crippen molar-refractivity contribution in [3.8, 4) is 5.75 Å². The molecule has 0 aliphatic heterocycles. The van der Waals surface area contributed by atoms with Gasteiger partial charge in [0.15, 0.2) is 0 Å². The minimum absolute atomic E-state index is 0.176. The lowest BCUT2D eigenvalue weighted by atomic mass is 10.2. The van der Waals surface area contributed by atoms with Gasteiger partial charge in [0.25, 0.3) is 0 Å². The summed E-state index contributed by atoms with van der Waals surface area (Å²) < 4.78 is 10.3. The lowest BCUT2D eigenvalue weighted by molar-refractivity contribution is 0.309. The zero-order valence-electron chi connectivity index (χ0n) is 9.25. The molecule has 0 unspecified atom stereocenters. The Hall–Kier alpha value is -1.51. The van der Waals surface area contributed by atoms with Gasteiger partial charge in [-0.15, -0.1) is 0 Å². The molecular weight excluding hydrogens is 190 g/mol. The van der Waals surface area contributed by atoms with Crippen LogP contribution < -0.4 is 4.74 Å². The van der Waals surface area contributed by atoms with Crippen LogP contribution in [0.3, 0.4) is 0 Å². The van der Waals surface area contributed by atoms with Gasteiger partial charge in [-0.3, -0.25) is 5.41 Å². The zero-order chi connectivity index (χ0) is 11.1. The Morgan fingerprint density at radius 1 is 1.27 bits per heavy atom. The minimum Gasteiger partial charge on any atom is -0.494 e. The monoisotopic (exact) mass is 207 g/mol. The van der Waals surface area contributed by atoms with Crippen LogP contribution in [-0.2, 0) is 4.74 Å². The van der Waals surface area contributed by atoms with E-state index in [4.69, 9.17) is 14.9 Å². The molecule has 3 heteroatoms. The fourth-order valence-corrected chi connectivity index (χ4v) is 1.15. The molecule has 1 aromatic carbocycles. The molecule has 1 N–H and O–H groups in total. The molecule has 1 rings (SSSR count). The van der Waals surface area contributed by atoms with Gasteiger partial charge in [0.1, 0.15) is 5.75 Å². The molecular formula is C12H17NO2. The second-order valence-electron chi connectivity index (χ2n) is 3.26. The van der Waals surface area contributed by atoms with E-state index in [1.165, 1.54) is 7.11 Å². The highest BCUT2D eigenvalue weighted by atomic mass is 16.5. The number of nitrogens with one attached hydrogen (secondary N) is 1. The third-order valence-corrected chi connectivity index (χ3v) is 2.09. The Balaban J connectivity index is 2.52. The summed E-state index contributed by atoms with van der Waals surface area (Å²) in [5.41, 5.74) is 0.764. The SMILES string of the molecule is CCCCOc1ccc(C(=N)OC)cc1. The van der Waals surface area contributed by atoms with Gasteiger partial charge < -0.3 is 9.47 Å². The van der Waals surface area contributed by atoms with Gasteiger partial charge in [0.05, 0.1) is 13.7 Å². The van der Waals surface area contributed by atoms with Crippen molar-refractivity contribution in [1.82, 2.24) is 0 Å². The Morgan fingerprint density at radius 3 is 2.47 bits per heavy atom. The van der Waals surface area contributed by atoms with Gasteiger partial charge in [-0.25, -0.2) is 0 Å². The Bertz CT molecular complexity index is 306. The maximum Gasteiger partial charge on any atom is 0.212 e. The van der Waals surface area contributed by atoms with Crippen molar-refractivity contribution in [1.29, 1.82) is 5.41 Å². The van der Waals surface area contributed by atoms with E-state index in [-0.39, 0.29) is 5.90 Å². The molecule has 3 nitrogen and oxygen atoms in total. The molecule has 0 aromatic heterocycles. The van der Waals surface area contributed by atoms with E-state index in [9.17, 15) is 0 Å². The third-order valence-electron chi connectivity index (χ3n) is 2.09. The fourth-order valence-electron chi connectivity index (χ4n) is 1.15. The maximum atomic E-state index is 7.45. The van der Waals surface area contributed by atoms with Crippen LogP contribution in [0.15, 0.2) is 24.3 Å². The van der Waals surface area contributed by atoms with Crippen molar-refractivity contribution in [3.63, 3.8) is 0 Å². The predicted molar refractivity (Wildman–Crippen MR) is 60.7 cm³/mol. The smallest absolute Gasteiger partial charge is 0.212 e. The first-order valence-electron chi connectivity index (χ1n) is 5.13. The molecule has 0 fully saturated rings. The molecule has 0 spiro atoms. The van der Waals surface area contributed by atoms with Crippen LogP contribution in [0.25, 0.3) is 0 Å². The molecule has 1 aromatic rings. The lowest BCUT2D eigenvalue weighted by Crippen LogP contribution is -2.01. The summed E-state index contributed by atoms with van der Waals surface area (Å²) in [6, 6.07) is 7.37. The highest BCUT2D eigenvalue weighted by Crippen LogP contribution is 2.13. The number of unbranched alkanes of at least 4 members (excludes halogenated alkanes) is 1. The summed E-state index contributed by atoms with van der Waals surface area (Å²) >= 11 is 0. The van der Waals surface area contributed by atoms with Gasteiger partial charge in [0, 0.05) is 5.56 Å². The van der Waals surface area contributed by atoms with Crippen LogP contribution in [-0.4, -0.2) is 19.6 Å². The van der Waals surface area contributed by atoms with Crippen molar-refractivity contribution in [2.24, 2.45) is 0 Å². The van der Waals surface area contributed by atoms with Crippen molar-refractivity contribution >= 4 is 5.90 Å². The summed E-state index contributed by atoms with van der Waals surface area (Å²) in [7, 11) is 1.49. The molecule has 0 amide bonds. The van der Waals surface area contributed by atoms with Crippen molar-refractivity contribution in [3.05, 3.63) is 29.8 Å². The molecule has 0 saturated heterocycles. The lowest BCUT2D eigenvalue weighted by Gasteiger charge is -2.06. The van der Waals surface area contributed by atoms with E-state index in [2.05, 4.69) is 6.92 Å². The summed E-state index contributed by atoms with van der Waals surface area (Å²) in [6.07, 6.45) is 2.20. The first kappa shape index (κ1) is 11.6. The molecule has 0 radical (unpaired) electrons. The second kappa shape index (κ2) is 6.06. The summed E-state index contributed by atoms with van der Waals surface area (Å²) in [4.78, 5) is 0. The molecule has 82 valence electrons. The van der Waals surface area contributed by atoms with Crippen molar-refractivity contribution in [2.75, 3.05) is 13.7 Å². The van der Waals surface area contributed by atoms with E-state index in [1.54, 1.807) is 0 Å². The quantitative estimate of drug-likeness (QED) is 0.458. The van der Waals surface area contributed by atoms with Gasteiger partial charge in [-0.05, 0) is 30.7 Å². The maximum absolute atomic E-state index is 7.45. The first-order valence-corrected chi connectivity index (χ1v) is 5.13. The highest BCUT2D eigenvalue weighted by Gasteiger charge is 2.00. The van der Waals surface area contributed by atoms with Gasteiger partial charge in [-0.2, -0.15) is 0 Å². The van der Waals surface area contributed by atoms with Crippen LogP contribution in [0, 0.1) is 5.41 Å². The van der Waals surface area contributed by atoms with Crippen LogP contribution in [0.1, 0.15) is 25.3 Å². The molecule has 0 heterocycles. The highest BCUT2D eigenvalue weighted by molar-refractivity contribution is 5.91. The molecule has 0 aliphatic rings. The number of rotatable bonds is 5. The van der Waals surface area contributed by atoms with Gasteiger partial charge in [0.2, 0.25) is 5.90 Å². The van der Waals surface area contributed by atoms with E-state index in [1.807, 2.05) is 24.3 Å². The normalized spacial score (nSPS) is 9.73. The van der Waals surface area contributed by atoms with Gasteiger partial charge >= 0.3 is 0 Å². The molecule has 0 aliphatic carbocycles. The van der Waals surface area contributed by atoms with Gasteiger partial charge in [-0.1, -0.05) is 13.3 Å². The Labute approximate surface area is 90.5 Å². The zero-order valence-corrected chi connectivity index (χ0v) is 9.25. The average Bonchev–Trinajstić information content (AvgIpc) is 2.29. The van der Waals surface area contributed by atoms with E-state index in [0.29, 0.717) is 0 Å². The third kappa shape index (κ3) is 3.62. The average molecular weight is 207 g/mol. The fraction of sp³-hybridized carbons (Fsp3) is 0.417. The van der Waals surface area contributed by atoms with Crippen LogP contribution in [0.4, 0.5) is 0 Å². The van der Waals surface area contributed by atoms with Crippen LogP contribution >= 0.6 is 0 Å². The summed E-state index contributed by atoms with van der Waals surface area (Å²) in [5.74, 6) is 1.02. The van der Waals surface area contributed by atoms with E-state index < -0.39 is 0 Å². The molecule has 0 bridgehead atoms. The molecule has 15 heavy (non-hydrogen) atoms. The number of ether oxygens (including phenoxy) is 2. The standard InChI is InChI=1S/C12H17NO2/c1-3-4-9-15-11-7-5-10(6-8-11)12(13)14-2/h5-8,13H,3-4,9H2,1-2H3. The predicted octanol–water partition coefficient (Wildman–Crippen LogP) is 2.84. The minimum atomic E-state index is 0.176. The van der Waals surface area contributed by atoms with Crippen molar-refractivity contribution < 1.29 is 9.47 Å². The molecule has 0 atom stereocenters. The Morgan fingerprint density at radius 2 is 1.93 bits per heavy atom. The van der Waals surface area contributed by atoms with Crippen molar-refractivity contribution in [2.45, 2.75) is 19.8 Å². The Kier molecular flexibility index (Phi) is 4.68. The van der Waals surface area contributed by atoms with Crippen LogP contribution in [0.2, 0.25) is 0 Å². The topological polar surface area (TPSA) is 42.3 Å². The second-order valence-corrected chi connectivity index (χ2v) is 3.26. The first-order chi connectivity index (χ1) is 7.27. The van der Waals surface area contributed by atoms with E-state index >= 15 is 0 Å². The largest absolute Gasteiger partial charge is 0.494 e. The van der Waals surface area contributed by atoms with Crippen LogP contribution in [0.5, 0.6) is 5.75 Å². The number of hydrogen-bond donors (Lipinski definition) is 1. The van der Waals surface area contributed by atoms with E-state index in [0.717, 1.165) is 30.8 Å². The summed E-state index contributed by atoms with van der Waals surface area (Å²) in [5, 5.41) is 7.45. The number of benzene rings is 1.